The fourth-order valence-electron chi connectivity index (χ4n) is 10.7. The summed E-state index contributed by atoms with van der Waals surface area (Å²) < 4.78 is 74.2. The Kier molecular flexibility index (Phi) is 24.3. The summed E-state index contributed by atoms with van der Waals surface area (Å²) in [5.41, 5.74) is 8.82. The van der Waals surface area contributed by atoms with Gasteiger partial charge in [0.15, 0.2) is 11.2 Å². The number of morpholine rings is 2. The fraction of sp³-hybridized carbons (Fsp3) is 0.408. The van der Waals surface area contributed by atoms with E-state index in [9.17, 15) is 19.2 Å². The Morgan fingerprint density at radius 1 is 0.604 bits per heavy atom. The first-order valence-corrected chi connectivity index (χ1v) is 32.4. The molecule has 4 aromatic carbocycles. The van der Waals surface area contributed by atoms with Crippen LogP contribution in [0.2, 0.25) is 5.02 Å². The molecule has 506 valence electrons. The molecule has 8 heterocycles. The monoisotopic (exact) mass is 1400 g/mol. The van der Waals surface area contributed by atoms with E-state index in [4.69, 9.17) is 64.6 Å². The van der Waals surface area contributed by atoms with Crippen LogP contribution < -0.4 is 9.47 Å². The summed E-state index contributed by atoms with van der Waals surface area (Å²) in [5.74, 6) is 2.05. The van der Waals surface area contributed by atoms with Gasteiger partial charge in [-0.2, -0.15) is 10.5 Å². The van der Waals surface area contributed by atoms with Crippen molar-refractivity contribution in [2.45, 2.75) is 90.9 Å². The summed E-state index contributed by atoms with van der Waals surface area (Å²) in [4.78, 5) is 40.8. The highest BCUT2D eigenvalue weighted by atomic mass is 79.9. The molecular weight excluding hydrogens is 1310 g/mol. The van der Waals surface area contributed by atoms with E-state index in [1.807, 2.05) is 110 Å². The second kappa shape index (κ2) is 32.1. The van der Waals surface area contributed by atoms with E-state index in [1.165, 1.54) is 9.80 Å². The van der Waals surface area contributed by atoms with Crippen LogP contribution in [0.3, 0.4) is 0 Å². The van der Waals surface area contributed by atoms with Crippen molar-refractivity contribution >= 4 is 75.6 Å². The lowest BCUT2D eigenvalue weighted by atomic mass is 9.49. The summed E-state index contributed by atoms with van der Waals surface area (Å²) in [6.45, 7) is 24.4. The van der Waals surface area contributed by atoms with E-state index < -0.39 is 21.2 Å². The zero-order valence-electron chi connectivity index (χ0n) is 57.9. The highest BCUT2D eigenvalue weighted by molar-refractivity contribution is 9.10. The van der Waals surface area contributed by atoms with Gasteiger partial charge in [-0.25, -0.2) is 0 Å². The molecule has 8 aromatic rings. The van der Waals surface area contributed by atoms with E-state index in [1.54, 1.807) is 97.3 Å². The maximum atomic E-state index is 12.4. The van der Waals surface area contributed by atoms with Gasteiger partial charge < -0.3 is 56.2 Å². The van der Waals surface area contributed by atoms with Crippen LogP contribution in [0, 0.1) is 22.7 Å². The molecule has 12 rings (SSSR count). The van der Waals surface area contributed by atoms with Gasteiger partial charge in [0.25, 0.3) is 11.8 Å². The van der Waals surface area contributed by atoms with Crippen LogP contribution in [0.1, 0.15) is 99.7 Å². The fourth-order valence-corrected chi connectivity index (χ4v) is 11.2. The van der Waals surface area contributed by atoms with E-state index in [0.29, 0.717) is 66.9 Å². The molecule has 0 saturated carbocycles. The minimum atomic E-state index is -1.00. The molecule has 20 nitrogen and oxygen atoms in total. The number of nitrogens with zero attached hydrogens (tertiary/aromatic N) is 8. The molecule has 25 heteroatoms. The minimum absolute atomic E-state index is 0.0934. The molecule has 0 atom stereocenters. The topological polar surface area (TPSA) is 221 Å². The van der Waals surface area contributed by atoms with Gasteiger partial charge in [0.05, 0.1) is 111 Å². The van der Waals surface area contributed by atoms with Crippen molar-refractivity contribution in [1.82, 2.24) is 29.6 Å². The molecule has 4 fully saturated rings. The molecule has 4 aliphatic rings. The predicted octanol–water partition coefficient (Wildman–Crippen LogP) is 13.4. The number of pyridine rings is 2. The number of carbonyl (C=O) groups excluding carboxylic acids is 2. The molecule has 4 aromatic heterocycles. The lowest BCUT2D eigenvalue weighted by Gasteiger charge is -2.32. The molecular formula is C71H83B2BrClFN8O12. The Morgan fingerprint density at radius 2 is 1.01 bits per heavy atom. The second-order valence-corrected chi connectivity index (χ2v) is 26.8. The third kappa shape index (κ3) is 17.3. The normalized spacial score (nSPS) is 17.0. The van der Waals surface area contributed by atoms with E-state index in [2.05, 4.69) is 47.8 Å². The van der Waals surface area contributed by atoms with Crippen molar-refractivity contribution in [2.75, 3.05) is 102 Å². The van der Waals surface area contributed by atoms with Crippen LogP contribution in [0.25, 0.3) is 56.0 Å². The van der Waals surface area contributed by atoms with Gasteiger partial charge in [0, 0.05) is 113 Å². The minimum Gasteiger partial charge on any atom is -0.496 e. The van der Waals surface area contributed by atoms with Crippen molar-refractivity contribution in [1.29, 1.82) is 10.5 Å². The number of halogens is 3. The Hall–Kier alpha value is -7.71. The van der Waals surface area contributed by atoms with Crippen LogP contribution in [0.5, 0.6) is 11.5 Å². The van der Waals surface area contributed by atoms with Crippen molar-refractivity contribution < 1.29 is 61.7 Å². The van der Waals surface area contributed by atoms with Crippen LogP contribution in [0.4, 0.5) is 4.39 Å². The molecule has 0 spiro atoms. The summed E-state index contributed by atoms with van der Waals surface area (Å²) >= 11 is 9.50. The average Bonchev–Trinajstić information content (AvgIpc) is 1.80. The molecule has 0 N–H and O–H groups in total. The third-order valence-electron chi connectivity index (χ3n) is 17.5. The summed E-state index contributed by atoms with van der Waals surface area (Å²) in [6, 6.07) is 34.2. The van der Waals surface area contributed by atoms with Crippen LogP contribution >= 0.6 is 27.5 Å². The number of carbonyl (C=O) groups is 2. The van der Waals surface area contributed by atoms with Crippen molar-refractivity contribution in [3.8, 4) is 57.4 Å². The second-order valence-electron chi connectivity index (χ2n) is 25.5. The quantitative estimate of drug-likeness (QED) is 0.104. The first kappa shape index (κ1) is 72.6. The predicted molar refractivity (Wildman–Crippen MR) is 373 cm³/mol. The molecule has 4 saturated heterocycles. The number of amides is 2. The zero-order chi connectivity index (χ0) is 70.6. The number of benzene rings is 4. The molecule has 0 aliphatic carbocycles. The number of rotatable bonds is 12. The molecule has 96 heavy (non-hydrogen) atoms. The number of furan rings is 2. The largest absolute Gasteiger partial charge is 0.496 e. The van der Waals surface area contributed by atoms with E-state index in [-0.39, 0.29) is 34.2 Å². The van der Waals surface area contributed by atoms with Crippen LogP contribution in [-0.4, -0.2) is 180 Å². The van der Waals surface area contributed by atoms with E-state index in [0.717, 1.165) is 109 Å². The Labute approximate surface area is 577 Å². The Balaban J connectivity index is 0.000000173. The first-order valence-electron chi connectivity index (χ1n) is 31.9. The lowest BCUT2D eigenvalue weighted by molar-refractivity contribution is 0.00578. The number of aromatic nitrogens is 2. The smallest absolute Gasteiger partial charge is 0.488 e. The van der Waals surface area contributed by atoms with Crippen molar-refractivity contribution in [3.63, 3.8) is 0 Å². The number of nitriles is 2. The summed E-state index contributed by atoms with van der Waals surface area (Å²) in [6.07, 6.45) is 3.36. The lowest BCUT2D eigenvalue weighted by Crippen LogP contribution is -2.41. The standard InChI is InChI=1S/C29H28N4O4.C17H15ClN2O3.C12H24B2O4.C12H13BrN2O.CH3F/c1-32(2)29(34)20-6-7-24(26(15-20)35-3)27-16-25-28(37-27)23(8-9-31-25)19-4-5-21(22(14-19)17-30)18-33-10-12-36-13-11-33;1-20(2)17(21)10-4-5-11(14(8-10)22-3)15-9-13-16(23-15)12(18)6-7-19-13;1-9(2)10(3,4)16-13(15-9)14-17-11(5,6)12(7,8)18-14;13-12-2-1-10(11(7-12)8-14)9-15-3-5-16-6-4-15;1-2/h4-9,14-16H,10-13,18H2,1-3H3;4-9H,1-3H3;1-8H3;1-2,7H,3-6,9H2;1H3/i;;;;1D. The first-order chi connectivity index (χ1) is 46.1. The average molecular weight is 1400 g/mol. The summed E-state index contributed by atoms with van der Waals surface area (Å²) in [7, 11) is 8.00. The molecule has 0 radical (unpaired) electrons. The molecule has 2 amide bonds. The van der Waals surface area contributed by atoms with Crippen molar-refractivity contribution in [2.24, 2.45) is 0 Å². The number of ether oxygens (including phenoxy) is 4. The zero-order valence-corrected chi connectivity index (χ0v) is 59.3. The SMILES string of the molecule is CC1(C)OB(B2OC(C)(C)C(C)(C)O2)OC1(C)C.COc1cc(C(=O)N(C)C)ccc1-c1cc2nccc(-c3ccc(CN4CCOCC4)c(C#N)c3)c2o1.COc1cc(C(=O)N(C)C)ccc1-c1cc2nccc(Cl)c2o1.N#Cc1cc(Br)ccc1CN1CCOCC1.[2H]CF. The van der Waals surface area contributed by atoms with E-state index >= 15 is 0 Å². The molecule has 4 aliphatic heterocycles. The van der Waals surface area contributed by atoms with Gasteiger partial charge in [-0.3, -0.25) is 33.7 Å². The van der Waals surface area contributed by atoms with Gasteiger partial charge in [-0.15, -0.1) is 0 Å². The maximum absolute atomic E-state index is 12.4. The van der Waals surface area contributed by atoms with Gasteiger partial charge in [0.1, 0.15) is 34.1 Å². The number of hydrogen-bond donors (Lipinski definition) is 0. The van der Waals surface area contributed by atoms with Gasteiger partial charge in [0.2, 0.25) is 0 Å². The Morgan fingerprint density at radius 3 is 1.43 bits per heavy atom. The highest BCUT2D eigenvalue weighted by Gasteiger charge is 2.63. The van der Waals surface area contributed by atoms with Crippen LogP contribution in [0.15, 0.2) is 123 Å². The number of methoxy groups -OCH3 is 2. The third-order valence-corrected chi connectivity index (χ3v) is 18.3. The highest BCUT2D eigenvalue weighted by Crippen LogP contribution is 2.44. The number of hydrogen-bond acceptors (Lipinski definition) is 18. The molecule has 0 bridgehead atoms. The summed E-state index contributed by atoms with van der Waals surface area (Å²) in [5, 5.41) is 19.4. The maximum Gasteiger partial charge on any atom is 0.488 e. The van der Waals surface area contributed by atoms with Crippen molar-refractivity contribution in [3.05, 3.63) is 152 Å². The van der Waals surface area contributed by atoms with Gasteiger partial charge >= 0.3 is 14.0 Å². The van der Waals surface area contributed by atoms with Crippen LogP contribution in [-0.2, 0) is 41.2 Å². The van der Waals surface area contributed by atoms with Gasteiger partial charge in [-0.05, 0) is 139 Å². The number of fused-ring (bicyclic) bond motifs is 2. The molecule has 0 unspecified atom stereocenters. The van der Waals surface area contributed by atoms with Gasteiger partial charge in [-0.1, -0.05) is 45.7 Å². The Bertz CT molecular complexity index is 4080. The number of alkyl halides is 1.